The number of anilines is 1. The lowest BCUT2D eigenvalue weighted by Gasteiger charge is -2.35. The van der Waals surface area contributed by atoms with Crippen LogP contribution in [0.1, 0.15) is 34.2 Å². The van der Waals surface area contributed by atoms with Crippen molar-refractivity contribution in [3.63, 3.8) is 0 Å². The molecule has 1 atom stereocenters. The van der Waals surface area contributed by atoms with Crippen molar-refractivity contribution >= 4 is 22.6 Å². The quantitative estimate of drug-likeness (QED) is 0.688. The third-order valence-corrected chi connectivity index (χ3v) is 5.06. The fraction of sp³-hybridized carbons (Fsp3) is 0.286. The summed E-state index contributed by atoms with van der Waals surface area (Å²) < 4.78 is 13.8. The van der Waals surface area contributed by atoms with Crippen molar-refractivity contribution in [2.75, 3.05) is 25.0 Å². The van der Waals surface area contributed by atoms with Crippen molar-refractivity contribution in [2.45, 2.75) is 19.4 Å². The van der Waals surface area contributed by atoms with Gasteiger partial charge in [-0.05, 0) is 56.3 Å². The van der Waals surface area contributed by atoms with E-state index in [0.717, 1.165) is 25.2 Å². The first-order valence-electron chi connectivity index (χ1n) is 9.33. The minimum Gasteiger partial charge on any atom is -0.366 e. The van der Waals surface area contributed by atoms with Crippen molar-refractivity contribution in [3.05, 3.63) is 65.2 Å². The number of amides is 1. The van der Waals surface area contributed by atoms with Gasteiger partial charge in [-0.2, -0.15) is 0 Å². The first-order valence-corrected chi connectivity index (χ1v) is 9.33. The molecule has 0 spiro atoms. The zero-order valence-electron chi connectivity index (χ0n) is 15.7. The van der Waals surface area contributed by atoms with E-state index in [1.165, 1.54) is 12.5 Å². The largest absolute Gasteiger partial charge is 0.366 e. The number of carbonyl (C=O) groups excluding carboxylic acids is 1. The molecule has 1 fully saturated rings. The van der Waals surface area contributed by atoms with E-state index in [0.29, 0.717) is 28.1 Å². The maximum absolute atomic E-state index is 13.8. The molecule has 7 heteroatoms. The van der Waals surface area contributed by atoms with Gasteiger partial charge in [-0.3, -0.25) is 4.79 Å². The standard InChI is InChI=1S/C21H22FN5O/c1-13-24-19-16(20(23)28)7-3-8-17(19)21(25-13)26-18(12-27-9-4-10-27)14-5-2-6-15(22)11-14/h2-3,5-8,11,18H,4,9-10,12H2,1H3,(H2,23,28)(H,24,25,26)/t18-/m1/s1. The molecule has 1 aliphatic rings. The number of carbonyl (C=O) groups is 1. The van der Waals surface area contributed by atoms with Gasteiger partial charge in [-0.1, -0.05) is 18.2 Å². The molecule has 1 saturated heterocycles. The molecular formula is C21H22FN5O. The highest BCUT2D eigenvalue weighted by Crippen LogP contribution is 2.28. The molecule has 6 nitrogen and oxygen atoms in total. The number of likely N-dealkylation sites (tertiary alicyclic amines) is 1. The molecule has 0 radical (unpaired) electrons. The molecule has 0 bridgehead atoms. The van der Waals surface area contributed by atoms with Crippen LogP contribution in [-0.2, 0) is 0 Å². The van der Waals surface area contributed by atoms with E-state index in [1.54, 1.807) is 31.2 Å². The van der Waals surface area contributed by atoms with Crippen LogP contribution in [0, 0.1) is 12.7 Å². The SMILES string of the molecule is Cc1nc(N[C@H](CN2CCC2)c2cccc(F)c2)c2cccc(C(N)=O)c2n1. The number of aryl methyl sites for hydroxylation is 1. The number of rotatable bonds is 6. The van der Waals surface area contributed by atoms with Crippen LogP contribution in [0.3, 0.4) is 0 Å². The lowest BCUT2D eigenvalue weighted by atomic mass is 10.0. The summed E-state index contributed by atoms with van der Waals surface area (Å²) in [5.41, 5.74) is 7.24. The number of primary amides is 1. The molecule has 2 heterocycles. The number of benzene rings is 2. The summed E-state index contributed by atoms with van der Waals surface area (Å²) in [6.07, 6.45) is 1.17. The van der Waals surface area contributed by atoms with Gasteiger partial charge in [0.05, 0.1) is 17.1 Å². The first kappa shape index (κ1) is 18.3. The second kappa shape index (κ2) is 7.52. The average molecular weight is 379 g/mol. The Labute approximate surface area is 162 Å². The van der Waals surface area contributed by atoms with Crippen LogP contribution < -0.4 is 11.1 Å². The first-order chi connectivity index (χ1) is 13.5. The Bertz CT molecular complexity index is 1030. The van der Waals surface area contributed by atoms with E-state index in [2.05, 4.69) is 20.2 Å². The van der Waals surface area contributed by atoms with E-state index >= 15 is 0 Å². The lowest BCUT2D eigenvalue weighted by molar-refractivity contribution is 0.100. The number of para-hydroxylation sites is 1. The topological polar surface area (TPSA) is 84.1 Å². The molecule has 1 amide bonds. The Morgan fingerprint density at radius 2 is 2.04 bits per heavy atom. The predicted octanol–water partition coefficient (Wildman–Crippen LogP) is 3.04. The fourth-order valence-corrected chi connectivity index (χ4v) is 3.52. The summed E-state index contributed by atoms with van der Waals surface area (Å²) in [5.74, 6) is 0.343. The van der Waals surface area contributed by atoms with Crippen LogP contribution in [-0.4, -0.2) is 40.4 Å². The molecule has 0 unspecified atom stereocenters. The number of fused-ring (bicyclic) bond motifs is 1. The smallest absolute Gasteiger partial charge is 0.250 e. The lowest BCUT2D eigenvalue weighted by Crippen LogP contribution is -2.41. The molecule has 0 aliphatic carbocycles. The predicted molar refractivity (Wildman–Crippen MR) is 107 cm³/mol. The number of hydrogen-bond donors (Lipinski definition) is 2. The molecule has 0 saturated carbocycles. The minimum atomic E-state index is -0.531. The Morgan fingerprint density at radius 1 is 1.25 bits per heavy atom. The summed E-state index contributed by atoms with van der Waals surface area (Å²) in [6, 6.07) is 11.7. The molecule has 3 N–H and O–H groups in total. The summed E-state index contributed by atoms with van der Waals surface area (Å²) in [6.45, 7) is 4.57. The number of hydrogen-bond acceptors (Lipinski definition) is 5. The van der Waals surface area contributed by atoms with Gasteiger partial charge in [0.2, 0.25) is 0 Å². The number of nitrogens with zero attached hydrogens (tertiary/aromatic N) is 3. The highest BCUT2D eigenvalue weighted by molar-refractivity contribution is 6.07. The number of nitrogens with two attached hydrogens (primary N) is 1. The van der Waals surface area contributed by atoms with Crippen molar-refractivity contribution in [1.29, 1.82) is 0 Å². The van der Waals surface area contributed by atoms with Gasteiger partial charge in [0.1, 0.15) is 17.5 Å². The molecule has 3 aromatic rings. The molecule has 144 valence electrons. The van der Waals surface area contributed by atoms with Gasteiger partial charge in [-0.15, -0.1) is 0 Å². The van der Waals surface area contributed by atoms with Crippen LogP contribution >= 0.6 is 0 Å². The Morgan fingerprint density at radius 3 is 2.71 bits per heavy atom. The summed E-state index contributed by atoms with van der Waals surface area (Å²) >= 11 is 0. The zero-order chi connectivity index (χ0) is 19.7. The molecular weight excluding hydrogens is 357 g/mol. The second-order valence-corrected chi connectivity index (χ2v) is 7.09. The van der Waals surface area contributed by atoms with Crippen molar-refractivity contribution in [2.24, 2.45) is 5.73 Å². The van der Waals surface area contributed by atoms with Gasteiger partial charge in [0.15, 0.2) is 0 Å². The van der Waals surface area contributed by atoms with E-state index in [9.17, 15) is 9.18 Å². The number of aromatic nitrogens is 2. The van der Waals surface area contributed by atoms with Crippen LogP contribution in [0.4, 0.5) is 10.2 Å². The van der Waals surface area contributed by atoms with Gasteiger partial charge in [0.25, 0.3) is 5.91 Å². The molecule has 2 aromatic carbocycles. The highest BCUT2D eigenvalue weighted by atomic mass is 19.1. The van der Waals surface area contributed by atoms with Gasteiger partial charge in [0, 0.05) is 11.9 Å². The highest BCUT2D eigenvalue weighted by Gasteiger charge is 2.22. The van der Waals surface area contributed by atoms with E-state index in [1.807, 2.05) is 12.1 Å². The van der Waals surface area contributed by atoms with Crippen molar-refractivity contribution in [1.82, 2.24) is 14.9 Å². The molecule has 1 aromatic heterocycles. The van der Waals surface area contributed by atoms with Crippen LogP contribution in [0.25, 0.3) is 10.9 Å². The maximum Gasteiger partial charge on any atom is 0.250 e. The van der Waals surface area contributed by atoms with Gasteiger partial charge < -0.3 is 16.0 Å². The fourth-order valence-electron chi connectivity index (χ4n) is 3.52. The Hall–Kier alpha value is -3.06. The second-order valence-electron chi connectivity index (χ2n) is 7.09. The number of nitrogens with one attached hydrogen (secondary N) is 1. The summed E-state index contributed by atoms with van der Waals surface area (Å²) in [5, 5.41) is 4.17. The van der Waals surface area contributed by atoms with Gasteiger partial charge >= 0.3 is 0 Å². The van der Waals surface area contributed by atoms with Crippen LogP contribution in [0.2, 0.25) is 0 Å². The molecule has 1 aliphatic heterocycles. The summed E-state index contributed by atoms with van der Waals surface area (Å²) in [4.78, 5) is 23.1. The third kappa shape index (κ3) is 3.66. The molecule has 28 heavy (non-hydrogen) atoms. The van der Waals surface area contributed by atoms with Crippen molar-refractivity contribution < 1.29 is 9.18 Å². The van der Waals surface area contributed by atoms with Gasteiger partial charge in [-0.25, -0.2) is 14.4 Å². The monoisotopic (exact) mass is 379 g/mol. The van der Waals surface area contributed by atoms with E-state index in [4.69, 9.17) is 5.73 Å². The Balaban J connectivity index is 1.76. The minimum absolute atomic E-state index is 0.147. The normalized spacial score (nSPS) is 15.2. The van der Waals surface area contributed by atoms with Crippen LogP contribution in [0.15, 0.2) is 42.5 Å². The van der Waals surface area contributed by atoms with E-state index in [-0.39, 0.29) is 11.9 Å². The maximum atomic E-state index is 13.8. The van der Waals surface area contributed by atoms with Crippen molar-refractivity contribution in [3.8, 4) is 0 Å². The Kier molecular flexibility index (Phi) is 4.92. The summed E-state index contributed by atoms with van der Waals surface area (Å²) in [7, 11) is 0. The molecule has 4 rings (SSSR count). The average Bonchev–Trinajstić information content (AvgIpc) is 2.62. The number of halogens is 1. The van der Waals surface area contributed by atoms with E-state index < -0.39 is 5.91 Å². The zero-order valence-corrected chi connectivity index (χ0v) is 15.7. The third-order valence-electron chi connectivity index (χ3n) is 5.06. The van der Waals surface area contributed by atoms with Crippen LogP contribution in [0.5, 0.6) is 0 Å².